The maximum atomic E-state index is 12.8. The van der Waals surface area contributed by atoms with E-state index in [0.29, 0.717) is 19.3 Å². The van der Waals surface area contributed by atoms with Gasteiger partial charge in [-0.15, -0.1) is 0 Å². The predicted octanol–water partition coefficient (Wildman–Crippen LogP) is 21.1. The van der Waals surface area contributed by atoms with Crippen LogP contribution >= 0.6 is 0 Å². The van der Waals surface area contributed by atoms with Gasteiger partial charge in [-0.25, -0.2) is 0 Å². The lowest BCUT2D eigenvalue weighted by Gasteiger charge is -2.18. The standard InChI is InChI=1S/C67H116O6/c1-4-7-10-13-16-18-20-22-23-24-25-26-27-28-29-30-31-32-33-34-35-36-37-38-39-40-41-42-43-45-46-48-51-54-57-60-66(69)72-63-64(62-71-65(68)59-56-53-50-15-12-9-6-3)73-67(70)61-58-55-52-49-47-44-21-19-17-14-11-8-5-2/h7,10-11,14,16,18-19,21-23,25-26,28-29,64H,4-6,8-9,12-13,15,17,20,24,27,30-63H2,1-3H3/b10-7-,14-11-,18-16-,21-19-,23-22-,26-25-,29-28-. The molecule has 6 heteroatoms. The van der Waals surface area contributed by atoms with E-state index in [-0.39, 0.29) is 31.1 Å². The van der Waals surface area contributed by atoms with Crippen molar-refractivity contribution in [3.8, 4) is 0 Å². The summed E-state index contributed by atoms with van der Waals surface area (Å²) in [6, 6.07) is 0. The molecule has 0 bridgehead atoms. The molecule has 0 rings (SSSR count). The largest absolute Gasteiger partial charge is 0.462 e. The van der Waals surface area contributed by atoms with E-state index in [9.17, 15) is 14.4 Å². The van der Waals surface area contributed by atoms with Crippen LogP contribution in [0.5, 0.6) is 0 Å². The van der Waals surface area contributed by atoms with Crippen LogP contribution in [-0.2, 0) is 28.6 Å². The minimum Gasteiger partial charge on any atom is -0.462 e. The summed E-state index contributed by atoms with van der Waals surface area (Å²) < 4.78 is 16.8. The molecule has 0 amide bonds. The molecule has 0 aliphatic rings. The van der Waals surface area contributed by atoms with Crippen molar-refractivity contribution < 1.29 is 28.6 Å². The Hall–Kier alpha value is -3.41. The Bertz CT molecular complexity index is 1400. The van der Waals surface area contributed by atoms with Gasteiger partial charge < -0.3 is 14.2 Å². The molecular formula is C67H116O6. The number of rotatable bonds is 56. The molecule has 1 atom stereocenters. The summed E-state index contributed by atoms with van der Waals surface area (Å²) in [5.74, 6) is -0.890. The molecule has 0 heterocycles. The zero-order valence-electron chi connectivity index (χ0n) is 48.1. The van der Waals surface area contributed by atoms with E-state index in [4.69, 9.17) is 14.2 Å². The van der Waals surface area contributed by atoms with Crippen molar-refractivity contribution in [2.75, 3.05) is 13.2 Å². The lowest BCUT2D eigenvalue weighted by atomic mass is 10.0. The lowest BCUT2D eigenvalue weighted by molar-refractivity contribution is -0.167. The first kappa shape index (κ1) is 69.6. The summed E-state index contributed by atoms with van der Waals surface area (Å²) in [5, 5.41) is 0. The van der Waals surface area contributed by atoms with Gasteiger partial charge in [0, 0.05) is 19.3 Å². The SMILES string of the molecule is CC/C=C\C/C=C\C/C=C\C/C=C\C/C=C\CCCCCCCCCCCCCCCCCCCCCC(=O)OCC(COC(=O)CCCCCCCCC)OC(=O)CCCCCCC/C=C\C/C=C\CCC. The topological polar surface area (TPSA) is 78.9 Å². The first-order chi connectivity index (χ1) is 36.0. The van der Waals surface area contributed by atoms with Crippen LogP contribution in [0.4, 0.5) is 0 Å². The van der Waals surface area contributed by atoms with E-state index < -0.39 is 6.10 Å². The molecule has 0 radical (unpaired) electrons. The van der Waals surface area contributed by atoms with Gasteiger partial charge in [-0.1, -0.05) is 279 Å². The number of hydrogen-bond donors (Lipinski definition) is 0. The summed E-state index contributed by atoms with van der Waals surface area (Å²) in [7, 11) is 0. The third kappa shape index (κ3) is 59.3. The van der Waals surface area contributed by atoms with E-state index in [1.807, 2.05) is 0 Å². The molecule has 0 N–H and O–H groups in total. The van der Waals surface area contributed by atoms with E-state index in [2.05, 4.69) is 106 Å². The Morgan fingerprint density at radius 2 is 0.562 bits per heavy atom. The smallest absolute Gasteiger partial charge is 0.306 e. The highest BCUT2D eigenvalue weighted by Crippen LogP contribution is 2.17. The van der Waals surface area contributed by atoms with Gasteiger partial charge in [0.05, 0.1) is 0 Å². The van der Waals surface area contributed by atoms with Gasteiger partial charge >= 0.3 is 17.9 Å². The van der Waals surface area contributed by atoms with Crippen LogP contribution in [0.15, 0.2) is 85.1 Å². The minimum absolute atomic E-state index is 0.0779. The van der Waals surface area contributed by atoms with E-state index in [0.717, 1.165) is 122 Å². The second-order valence-corrected chi connectivity index (χ2v) is 20.6. The van der Waals surface area contributed by atoms with Gasteiger partial charge in [0.15, 0.2) is 6.10 Å². The molecule has 0 spiro atoms. The second-order valence-electron chi connectivity index (χ2n) is 20.6. The van der Waals surface area contributed by atoms with Crippen molar-refractivity contribution in [3.05, 3.63) is 85.1 Å². The molecule has 0 saturated heterocycles. The number of esters is 3. The Balaban J connectivity index is 3.95. The maximum absolute atomic E-state index is 12.8. The average Bonchev–Trinajstić information content (AvgIpc) is 3.39. The van der Waals surface area contributed by atoms with Crippen LogP contribution < -0.4 is 0 Å². The summed E-state index contributed by atoms with van der Waals surface area (Å²) >= 11 is 0. The molecule has 6 nitrogen and oxygen atoms in total. The first-order valence-electron chi connectivity index (χ1n) is 31.1. The highest BCUT2D eigenvalue weighted by Gasteiger charge is 2.19. The van der Waals surface area contributed by atoms with Gasteiger partial charge in [-0.05, 0) is 89.9 Å². The first-order valence-corrected chi connectivity index (χ1v) is 31.1. The van der Waals surface area contributed by atoms with Crippen molar-refractivity contribution in [2.24, 2.45) is 0 Å². The number of hydrogen-bond acceptors (Lipinski definition) is 6. The van der Waals surface area contributed by atoms with Crippen LogP contribution in [0.3, 0.4) is 0 Å². The fourth-order valence-electron chi connectivity index (χ4n) is 8.74. The molecule has 73 heavy (non-hydrogen) atoms. The molecule has 420 valence electrons. The lowest BCUT2D eigenvalue weighted by Crippen LogP contribution is -2.30. The summed E-state index contributed by atoms with van der Waals surface area (Å²) in [5.41, 5.74) is 0. The molecule has 0 fully saturated rings. The maximum Gasteiger partial charge on any atom is 0.306 e. The van der Waals surface area contributed by atoms with Gasteiger partial charge in [-0.3, -0.25) is 14.4 Å². The van der Waals surface area contributed by atoms with Gasteiger partial charge in [-0.2, -0.15) is 0 Å². The molecule has 0 aromatic heterocycles. The zero-order valence-corrected chi connectivity index (χ0v) is 48.1. The van der Waals surface area contributed by atoms with Gasteiger partial charge in [0.1, 0.15) is 13.2 Å². The number of ether oxygens (including phenoxy) is 3. The molecule has 0 aromatic carbocycles. The summed E-state index contributed by atoms with van der Waals surface area (Å²) in [6.07, 6.45) is 80.6. The summed E-state index contributed by atoms with van der Waals surface area (Å²) in [6.45, 7) is 6.42. The summed E-state index contributed by atoms with van der Waals surface area (Å²) in [4.78, 5) is 37.9. The minimum atomic E-state index is -0.777. The molecule has 0 aliphatic carbocycles. The number of carbonyl (C=O) groups is 3. The molecule has 1 unspecified atom stereocenters. The Labute approximate surface area is 452 Å². The highest BCUT2D eigenvalue weighted by atomic mass is 16.6. The van der Waals surface area contributed by atoms with Gasteiger partial charge in [0.25, 0.3) is 0 Å². The second kappa shape index (κ2) is 61.1. The Morgan fingerprint density at radius 1 is 0.288 bits per heavy atom. The van der Waals surface area contributed by atoms with Crippen molar-refractivity contribution in [3.63, 3.8) is 0 Å². The Morgan fingerprint density at radius 3 is 0.890 bits per heavy atom. The number of allylic oxidation sites excluding steroid dienone is 14. The van der Waals surface area contributed by atoms with Crippen LogP contribution in [0.25, 0.3) is 0 Å². The fraction of sp³-hybridized carbons (Fsp3) is 0.746. The average molecular weight is 1020 g/mol. The third-order valence-electron chi connectivity index (χ3n) is 13.4. The molecular weight excluding hydrogens is 901 g/mol. The van der Waals surface area contributed by atoms with Gasteiger partial charge in [0.2, 0.25) is 0 Å². The number of unbranched alkanes of at least 4 members (excludes halogenated alkanes) is 31. The van der Waals surface area contributed by atoms with E-state index in [1.165, 1.54) is 141 Å². The van der Waals surface area contributed by atoms with Crippen LogP contribution in [0.2, 0.25) is 0 Å². The molecule has 0 aromatic rings. The van der Waals surface area contributed by atoms with Crippen molar-refractivity contribution in [1.82, 2.24) is 0 Å². The number of carbonyl (C=O) groups excluding carboxylic acids is 3. The monoisotopic (exact) mass is 1020 g/mol. The Kier molecular flexibility index (Phi) is 58.3. The van der Waals surface area contributed by atoms with Crippen molar-refractivity contribution in [1.29, 1.82) is 0 Å². The van der Waals surface area contributed by atoms with E-state index >= 15 is 0 Å². The predicted molar refractivity (Wildman–Crippen MR) is 316 cm³/mol. The third-order valence-corrected chi connectivity index (χ3v) is 13.4. The molecule has 0 aliphatic heterocycles. The zero-order chi connectivity index (χ0) is 52.9. The van der Waals surface area contributed by atoms with Crippen molar-refractivity contribution >= 4 is 17.9 Å². The van der Waals surface area contributed by atoms with Crippen molar-refractivity contribution in [2.45, 2.75) is 309 Å². The van der Waals surface area contributed by atoms with Crippen LogP contribution in [0, 0.1) is 0 Å². The van der Waals surface area contributed by atoms with Crippen LogP contribution in [0.1, 0.15) is 303 Å². The fourth-order valence-corrected chi connectivity index (χ4v) is 8.74. The molecule has 0 saturated carbocycles. The highest BCUT2D eigenvalue weighted by molar-refractivity contribution is 5.71. The quantitative estimate of drug-likeness (QED) is 0.0261. The normalized spacial score (nSPS) is 12.6. The van der Waals surface area contributed by atoms with E-state index in [1.54, 1.807) is 0 Å². The van der Waals surface area contributed by atoms with Crippen LogP contribution in [-0.4, -0.2) is 37.2 Å².